The molecule has 1 aliphatic heterocycles. The van der Waals surface area contributed by atoms with Crippen molar-refractivity contribution in [3.8, 4) is 5.88 Å². The van der Waals surface area contributed by atoms with E-state index in [1.165, 1.54) is 0 Å². The highest BCUT2D eigenvalue weighted by molar-refractivity contribution is 9.10. The lowest BCUT2D eigenvalue weighted by atomic mass is 10.2. The summed E-state index contributed by atoms with van der Waals surface area (Å²) in [6.07, 6.45) is 0. The van der Waals surface area contributed by atoms with Gasteiger partial charge < -0.3 is 4.74 Å². The topological polar surface area (TPSA) is 75.6 Å². The summed E-state index contributed by atoms with van der Waals surface area (Å²) in [7, 11) is -1.89. The Balaban J connectivity index is 1.50. The van der Waals surface area contributed by atoms with E-state index in [-0.39, 0.29) is 6.04 Å². The van der Waals surface area contributed by atoms with Crippen molar-refractivity contribution < 1.29 is 13.2 Å². The first-order valence-corrected chi connectivity index (χ1v) is 11.9. The van der Waals surface area contributed by atoms with Gasteiger partial charge in [0, 0.05) is 30.7 Å². The minimum atomic E-state index is -3.50. The van der Waals surface area contributed by atoms with Gasteiger partial charge in [0.05, 0.1) is 29.0 Å². The number of ether oxygens (including phenoxy) is 1. The minimum absolute atomic E-state index is 0.0546. The molecule has 30 heavy (non-hydrogen) atoms. The molecule has 0 aliphatic carbocycles. The summed E-state index contributed by atoms with van der Waals surface area (Å²) in [6.45, 7) is 4.11. The molecule has 1 aromatic heterocycles. The number of halogens is 1. The van der Waals surface area contributed by atoms with Gasteiger partial charge in [0.25, 0.3) is 0 Å². The monoisotopic (exact) mass is 490 g/mol. The van der Waals surface area contributed by atoms with Crippen LogP contribution in [0.4, 0.5) is 0 Å². The maximum Gasteiger partial charge on any atom is 0.243 e. The number of para-hydroxylation sites is 1. The molecule has 1 aliphatic rings. The highest BCUT2D eigenvalue weighted by Crippen LogP contribution is 2.27. The summed E-state index contributed by atoms with van der Waals surface area (Å²) in [6, 6.07) is 14.4. The molecule has 0 amide bonds. The van der Waals surface area contributed by atoms with Gasteiger partial charge in [-0.2, -0.15) is 9.29 Å². The fourth-order valence-electron chi connectivity index (χ4n) is 3.66. The predicted octanol–water partition coefficient (Wildman–Crippen LogP) is 3.47. The molecule has 0 spiro atoms. The molecule has 0 saturated carbocycles. The van der Waals surface area contributed by atoms with Crippen molar-refractivity contribution in [1.29, 1.82) is 0 Å². The van der Waals surface area contributed by atoms with Gasteiger partial charge in [0.15, 0.2) is 0 Å². The zero-order valence-electron chi connectivity index (χ0n) is 16.8. The maximum absolute atomic E-state index is 12.9. The molecule has 3 aromatic rings. The van der Waals surface area contributed by atoms with Crippen LogP contribution in [0.3, 0.4) is 0 Å². The third-order valence-corrected chi connectivity index (χ3v) is 7.87. The Labute approximate surface area is 184 Å². The van der Waals surface area contributed by atoms with Gasteiger partial charge in [-0.3, -0.25) is 4.90 Å². The Kier molecular flexibility index (Phi) is 6.06. The van der Waals surface area contributed by atoms with Crippen LogP contribution in [-0.4, -0.2) is 60.9 Å². The fraction of sp³-hybridized carbons (Fsp3) is 0.333. The molecule has 1 unspecified atom stereocenters. The third kappa shape index (κ3) is 4.07. The molecular weight excluding hydrogens is 468 g/mol. The number of hydrogen-bond donors (Lipinski definition) is 0. The lowest BCUT2D eigenvalue weighted by Gasteiger charge is -2.36. The largest absolute Gasteiger partial charge is 0.480 e. The summed E-state index contributed by atoms with van der Waals surface area (Å²) in [5, 5.41) is 0.876. The second-order valence-electron chi connectivity index (χ2n) is 7.18. The van der Waals surface area contributed by atoms with Crippen LogP contribution in [0.2, 0.25) is 0 Å². The third-order valence-electron chi connectivity index (χ3n) is 5.42. The average Bonchev–Trinajstić information content (AvgIpc) is 2.78. The van der Waals surface area contributed by atoms with Crippen LogP contribution < -0.4 is 4.74 Å². The lowest BCUT2D eigenvalue weighted by molar-refractivity contribution is 0.141. The summed E-state index contributed by atoms with van der Waals surface area (Å²) in [5.41, 5.74) is 0.836. The van der Waals surface area contributed by atoms with Crippen molar-refractivity contribution in [2.24, 2.45) is 0 Å². The summed E-state index contributed by atoms with van der Waals surface area (Å²) in [5.74, 6) is 1.23. The van der Waals surface area contributed by atoms with E-state index in [4.69, 9.17) is 9.72 Å². The van der Waals surface area contributed by atoms with E-state index in [0.29, 0.717) is 42.8 Å². The quantitative estimate of drug-likeness (QED) is 0.544. The minimum Gasteiger partial charge on any atom is -0.480 e. The normalized spacial score (nSPS) is 17.2. The number of piperazine rings is 1. The molecule has 158 valence electrons. The van der Waals surface area contributed by atoms with Gasteiger partial charge in [-0.05, 0) is 43.3 Å². The number of nitrogens with zero attached hydrogens (tertiary/aromatic N) is 4. The Hall–Kier alpha value is -2.07. The molecule has 1 saturated heterocycles. The molecule has 1 atom stereocenters. The van der Waals surface area contributed by atoms with Crippen molar-refractivity contribution >= 4 is 36.9 Å². The lowest BCUT2D eigenvalue weighted by Crippen LogP contribution is -2.49. The molecule has 2 heterocycles. The predicted molar refractivity (Wildman–Crippen MR) is 119 cm³/mol. The van der Waals surface area contributed by atoms with Crippen LogP contribution in [0.5, 0.6) is 5.88 Å². The summed E-state index contributed by atoms with van der Waals surface area (Å²) >= 11 is 3.34. The van der Waals surface area contributed by atoms with Gasteiger partial charge >= 0.3 is 0 Å². The first-order valence-electron chi connectivity index (χ1n) is 9.70. The zero-order chi connectivity index (χ0) is 21.3. The van der Waals surface area contributed by atoms with Crippen LogP contribution in [0.15, 0.2) is 57.9 Å². The van der Waals surface area contributed by atoms with Crippen LogP contribution in [-0.2, 0) is 10.0 Å². The first kappa shape index (κ1) is 21.2. The number of fused-ring (bicyclic) bond motifs is 1. The van der Waals surface area contributed by atoms with Crippen LogP contribution >= 0.6 is 15.9 Å². The number of aromatic nitrogens is 2. The van der Waals surface area contributed by atoms with E-state index >= 15 is 0 Å². The molecule has 9 heteroatoms. The van der Waals surface area contributed by atoms with Gasteiger partial charge in [0.2, 0.25) is 15.9 Å². The summed E-state index contributed by atoms with van der Waals surface area (Å²) < 4.78 is 33.7. The standard InChI is InChI=1S/C21H23BrN4O3S/c1-15(20-23-19-6-4-3-5-18(19)21(24-20)29-2)25-11-13-26(14-12-25)30(27,28)17-9-7-16(22)8-10-17/h3-10,15H,11-14H2,1-2H3. The zero-order valence-corrected chi connectivity index (χ0v) is 19.2. The van der Waals surface area contributed by atoms with E-state index in [1.54, 1.807) is 35.7 Å². The molecule has 7 nitrogen and oxygen atoms in total. The van der Waals surface area contributed by atoms with Gasteiger partial charge in [0.1, 0.15) is 5.82 Å². The number of benzene rings is 2. The highest BCUT2D eigenvalue weighted by Gasteiger charge is 2.31. The average molecular weight is 491 g/mol. The Bertz CT molecular complexity index is 1150. The summed E-state index contributed by atoms with van der Waals surface area (Å²) in [4.78, 5) is 11.8. The van der Waals surface area contributed by atoms with Crippen molar-refractivity contribution in [2.45, 2.75) is 17.9 Å². The SMILES string of the molecule is COc1nc(C(C)N2CCN(S(=O)(=O)c3ccc(Br)cc3)CC2)nc2ccccc12. The van der Waals surface area contributed by atoms with E-state index in [9.17, 15) is 8.42 Å². The molecule has 0 N–H and O–H groups in total. The Morgan fingerprint density at radius 2 is 1.67 bits per heavy atom. The van der Waals surface area contributed by atoms with Crippen molar-refractivity contribution in [2.75, 3.05) is 33.3 Å². The van der Waals surface area contributed by atoms with Crippen molar-refractivity contribution in [1.82, 2.24) is 19.2 Å². The van der Waals surface area contributed by atoms with Crippen LogP contribution in [0.1, 0.15) is 18.8 Å². The smallest absolute Gasteiger partial charge is 0.243 e. The first-order chi connectivity index (χ1) is 14.4. The van der Waals surface area contributed by atoms with E-state index in [2.05, 4.69) is 25.8 Å². The highest BCUT2D eigenvalue weighted by atomic mass is 79.9. The second kappa shape index (κ2) is 8.58. The van der Waals surface area contributed by atoms with E-state index in [1.807, 2.05) is 31.2 Å². The number of methoxy groups -OCH3 is 1. The van der Waals surface area contributed by atoms with E-state index in [0.717, 1.165) is 15.4 Å². The van der Waals surface area contributed by atoms with Gasteiger partial charge in [-0.25, -0.2) is 13.4 Å². The number of rotatable bonds is 5. The molecule has 0 radical (unpaired) electrons. The Morgan fingerprint density at radius 3 is 2.33 bits per heavy atom. The second-order valence-corrected chi connectivity index (χ2v) is 10.0. The molecular formula is C21H23BrN4O3S. The maximum atomic E-state index is 12.9. The van der Waals surface area contributed by atoms with Crippen molar-refractivity contribution in [3.63, 3.8) is 0 Å². The Morgan fingerprint density at radius 1 is 1.00 bits per heavy atom. The van der Waals surface area contributed by atoms with E-state index < -0.39 is 10.0 Å². The molecule has 2 aromatic carbocycles. The fourth-order valence-corrected chi connectivity index (χ4v) is 5.34. The van der Waals surface area contributed by atoms with Crippen LogP contribution in [0.25, 0.3) is 10.9 Å². The number of sulfonamides is 1. The number of hydrogen-bond acceptors (Lipinski definition) is 6. The van der Waals surface area contributed by atoms with Crippen LogP contribution in [0, 0.1) is 0 Å². The molecule has 1 fully saturated rings. The van der Waals surface area contributed by atoms with Gasteiger partial charge in [-0.1, -0.05) is 28.1 Å². The van der Waals surface area contributed by atoms with Gasteiger partial charge in [-0.15, -0.1) is 0 Å². The molecule has 4 rings (SSSR count). The molecule has 0 bridgehead atoms. The van der Waals surface area contributed by atoms with Crippen molar-refractivity contribution in [3.05, 3.63) is 58.8 Å².